The van der Waals surface area contributed by atoms with Gasteiger partial charge in [0.2, 0.25) is 5.91 Å². The van der Waals surface area contributed by atoms with Gasteiger partial charge in [0, 0.05) is 17.6 Å². The average Bonchev–Trinajstić information content (AvgIpc) is 2.90. The summed E-state index contributed by atoms with van der Waals surface area (Å²) in [4.78, 5) is 21.8. The maximum absolute atomic E-state index is 12.0. The zero-order valence-electron chi connectivity index (χ0n) is 12.2. The van der Waals surface area contributed by atoms with Crippen LogP contribution in [0, 0.1) is 6.92 Å². The number of carbonyl (C=O) groups excluding carboxylic acids is 1. The van der Waals surface area contributed by atoms with Gasteiger partial charge in [-0.1, -0.05) is 17.8 Å². The number of carbonyl (C=O) groups is 1. The van der Waals surface area contributed by atoms with Gasteiger partial charge < -0.3 is 5.32 Å². The molecule has 6 heteroatoms. The summed E-state index contributed by atoms with van der Waals surface area (Å²) in [6, 6.07) is 5.72. The number of rotatable bonds is 7. The summed E-state index contributed by atoms with van der Waals surface area (Å²) in [6.07, 6.45) is 3.65. The van der Waals surface area contributed by atoms with E-state index in [-0.39, 0.29) is 11.2 Å². The summed E-state index contributed by atoms with van der Waals surface area (Å²) in [6.45, 7) is 4.63. The van der Waals surface area contributed by atoms with Gasteiger partial charge in [0.1, 0.15) is 0 Å². The van der Waals surface area contributed by atoms with Crippen LogP contribution in [0.25, 0.3) is 0 Å². The molecule has 1 unspecified atom stereocenters. The predicted octanol–water partition coefficient (Wildman–Crippen LogP) is 3.08. The Morgan fingerprint density at radius 2 is 2.29 bits per heavy atom. The molecule has 2 heterocycles. The van der Waals surface area contributed by atoms with Crippen molar-refractivity contribution in [2.75, 3.05) is 6.54 Å². The van der Waals surface area contributed by atoms with Gasteiger partial charge >= 0.3 is 0 Å². The van der Waals surface area contributed by atoms with Crippen LogP contribution in [0.5, 0.6) is 0 Å². The molecule has 2 aromatic rings. The molecular formula is C15H19N3OS2. The van der Waals surface area contributed by atoms with Gasteiger partial charge in [-0.2, -0.15) is 0 Å². The van der Waals surface area contributed by atoms with Crippen molar-refractivity contribution in [3.05, 3.63) is 40.5 Å². The van der Waals surface area contributed by atoms with Crippen LogP contribution in [-0.2, 0) is 11.2 Å². The summed E-state index contributed by atoms with van der Waals surface area (Å²) in [5.74, 6) is 0.0617. The maximum Gasteiger partial charge on any atom is 0.233 e. The molecule has 2 aromatic heterocycles. The van der Waals surface area contributed by atoms with Crippen LogP contribution in [-0.4, -0.2) is 27.7 Å². The second-order valence-electron chi connectivity index (χ2n) is 4.68. The lowest BCUT2D eigenvalue weighted by Crippen LogP contribution is -2.31. The van der Waals surface area contributed by atoms with E-state index in [9.17, 15) is 4.79 Å². The predicted molar refractivity (Wildman–Crippen MR) is 87.7 cm³/mol. The van der Waals surface area contributed by atoms with E-state index >= 15 is 0 Å². The van der Waals surface area contributed by atoms with E-state index in [1.165, 1.54) is 16.6 Å². The van der Waals surface area contributed by atoms with Gasteiger partial charge in [-0.3, -0.25) is 4.79 Å². The van der Waals surface area contributed by atoms with Crippen LogP contribution in [0.15, 0.2) is 34.9 Å². The van der Waals surface area contributed by atoms with Crippen LogP contribution in [0.1, 0.15) is 23.9 Å². The van der Waals surface area contributed by atoms with Crippen LogP contribution in [0.4, 0.5) is 0 Å². The normalized spacial score (nSPS) is 12.1. The molecule has 2 rings (SSSR count). The summed E-state index contributed by atoms with van der Waals surface area (Å²) in [5.41, 5.74) is 2.97. The van der Waals surface area contributed by atoms with Crippen LogP contribution in [0.3, 0.4) is 0 Å². The molecule has 1 atom stereocenters. The van der Waals surface area contributed by atoms with Crippen LogP contribution < -0.4 is 5.32 Å². The molecule has 0 fully saturated rings. The molecule has 0 aliphatic carbocycles. The smallest absolute Gasteiger partial charge is 0.233 e. The molecule has 0 aliphatic heterocycles. The van der Waals surface area contributed by atoms with E-state index < -0.39 is 0 Å². The van der Waals surface area contributed by atoms with E-state index in [2.05, 4.69) is 15.3 Å². The largest absolute Gasteiger partial charge is 0.355 e. The minimum absolute atomic E-state index is 0.0617. The molecule has 0 bridgehead atoms. The fraction of sp³-hybridized carbons (Fsp3) is 0.400. The summed E-state index contributed by atoms with van der Waals surface area (Å²) in [5, 5.41) is 3.72. The molecule has 4 nitrogen and oxygen atoms in total. The van der Waals surface area contributed by atoms with Gasteiger partial charge in [0.25, 0.3) is 0 Å². The SMILES string of the molecule is Cc1ncsc1CCCNC(=O)C(C)Sc1ccccn1. The van der Waals surface area contributed by atoms with E-state index in [1.54, 1.807) is 17.5 Å². The third-order valence-electron chi connectivity index (χ3n) is 3.03. The fourth-order valence-corrected chi connectivity index (χ4v) is 3.48. The summed E-state index contributed by atoms with van der Waals surface area (Å²) >= 11 is 3.16. The first-order valence-electron chi connectivity index (χ1n) is 6.91. The number of thiazole rings is 1. The zero-order chi connectivity index (χ0) is 15.1. The second-order valence-corrected chi connectivity index (χ2v) is 6.98. The third kappa shape index (κ3) is 5.13. The summed E-state index contributed by atoms with van der Waals surface area (Å²) in [7, 11) is 0. The number of nitrogens with zero attached hydrogens (tertiary/aromatic N) is 2. The molecule has 0 saturated carbocycles. The monoisotopic (exact) mass is 321 g/mol. The minimum atomic E-state index is -0.134. The van der Waals surface area contributed by atoms with Gasteiger partial charge in [0.05, 0.1) is 21.5 Å². The lowest BCUT2D eigenvalue weighted by atomic mass is 10.2. The third-order valence-corrected chi connectivity index (χ3v) is 5.07. The van der Waals surface area contributed by atoms with E-state index in [4.69, 9.17) is 0 Å². The Morgan fingerprint density at radius 3 is 2.95 bits per heavy atom. The van der Waals surface area contributed by atoms with Crippen molar-refractivity contribution in [2.45, 2.75) is 37.0 Å². The number of aryl methyl sites for hydroxylation is 2. The van der Waals surface area contributed by atoms with Crippen molar-refractivity contribution >= 4 is 29.0 Å². The van der Waals surface area contributed by atoms with Crippen molar-refractivity contribution in [2.24, 2.45) is 0 Å². The Balaban J connectivity index is 1.68. The van der Waals surface area contributed by atoms with Gasteiger partial charge in [0.15, 0.2) is 0 Å². The molecular weight excluding hydrogens is 302 g/mol. The molecule has 112 valence electrons. The molecule has 0 saturated heterocycles. The highest BCUT2D eigenvalue weighted by Crippen LogP contribution is 2.20. The molecule has 0 aromatic carbocycles. The molecule has 1 N–H and O–H groups in total. The van der Waals surface area contributed by atoms with Crippen molar-refractivity contribution in [3.8, 4) is 0 Å². The Labute approximate surface area is 133 Å². The van der Waals surface area contributed by atoms with Crippen LogP contribution in [0.2, 0.25) is 0 Å². The quantitative estimate of drug-likeness (QED) is 0.629. The number of aromatic nitrogens is 2. The van der Waals surface area contributed by atoms with Crippen molar-refractivity contribution in [1.82, 2.24) is 15.3 Å². The van der Waals surface area contributed by atoms with Crippen molar-refractivity contribution in [3.63, 3.8) is 0 Å². The molecule has 21 heavy (non-hydrogen) atoms. The summed E-state index contributed by atoms with van der Waals surface area (Å²) < 4.78 is 0. The fourth-order valence-electron chi connectivity index (χ4n) is 1.82. The lowest BCUT2D eigenvalue weighted by molar-refractivity contribution is -0.120. The number of pyridine rings is 1. The highest BCUT2D eigenvalue weighted by molar-refractivity contribution is 8.00. The topological polar surface area (TPSA) is 54.9 Å². The van der Waals surface area contributed by atoms with Gasteiger partial charge in [-0.15, -0.1) is 11.3 Å². The average molecular weight is 321 g/mol. The Kier molecular flexibility index (Phi) is 6.20. The molecule has 0 radical (unpaired) electrons. The first-order chi connectivity index (χ1) is 10.2. The Morgan fingerprint density at radius 1 is 1.43 bits per heavy atom. The van der Waals surface area contributed by atoms with Crippen molar-refractivity contribution in [1.29, 1.82) is 0 Å². The number of amides is 1. The molecule has 1 amide bonds. The zero-order valence-corrected chi connectivity index (χ0v) is 13.8. The number of nitrogens with one attached hydrogen (secondary N) is 1. The Bertz CT molecular complexity index is 571. The minimum Gasteiger partial charge on any atom is -0.355 e. The second kappa shape index (κ2) is 8.14. The molecule has 0 aliphatic rings. The molecule has 0 spiro atoms. The first kappa shape index (κ1) is 16.0. The highest BCUT2D eigenvalue weighted by Gasteiger charge is 2.14. The van der Waals surface area contributed by atoms with E-state index in [0.717, 1.165) is 23.6 Å². The number of thioether (sulfide) groups is 1. The number of hydrogen-bond donors (Lipinski definition) is 1. The first-order valence-corrected chi connectivity index (χ1v) is 8.67. The van der Waals surface area contributed by atoms with Gasteiger partial charge in [-0.05, 0) is 38.8 Å². The standard InChI is InChI=1S/C15H19N3OS2/c1-11-13(20-10-18-11)6-5-9-17-15(19)12(2)21-14-7-3-4-8-16-14/h3-4,7-8,10,12H,5-6,9H2,1-2H3,(H,17,19). The lowest BCUT2D eigenvalue weighted by Gasteiger charge is -2.11. The van der Waals surface area contributed by atoms with Crippen LogP contribution >= 0.6 is 23.1 Å². The maximum atomic E-state index is 12.0. The van der Waals surface area contributed by atoms with E-state index in [1.807, 2.05) is 37.6 Å². The Hall–Kier alpha value is -1.40. The van der Waals surface area contributed by atoms with Gasteiger partial charge in [-0.25, -0.2) is 9.97 Å². The van der Waals surface area contributed by atoms with Crippen molar-refractivity contribution < 1.29 is 4.79 Å². The number of hydrogen-bond acceptors (Lipinski definition) is 5. The highest BCUT2D eigenvalue weighted by atomic mass is 32.2. The van der Waals surface area contributed by atoms with E-state index in [0.29, 0.717) is 6.54 Å².